The Morgan fingerprint density at radius 2 is 2.07 bits per heavy atom. The molecule has 0 aromatic carbocycles. The lowest BCUT2D eigenvalue weighted by Gasteiger charge is -2.31. The van der Waals surface area contributed by atoms with E-state index < -0.39 is 0 Å². The zero-order valence-electron chi connectivity index (χ0n) is 16.2. The fourth-order valence-electron chi connectivity index (χ4n) is 3.72. The van der Waals surface area contributed by atoms with Gasteiger partial charge in [-0.15, -0.1) is 11.3 Å². The van der Waals surface area contributed by atoms with Gasteiger partial charge in [-0.3, -0.25) is 9.36 Å². The summed E-state index contributed by atoms with van der Waals surface area (Å²) in [5.74, 6) is 0. The van der Waals surface area contributed by atoms with Gasteiger partial charge >= 0.3 is 6.09 Å². The average Bonchev–Trinajstić information content (AvgIpc) is 3.08. The van der Waals surface area contributed by atoms with E-state index in [0.29, 0.717) is 42.8 Å². The molecule has 9 heteroatoms. The topological polar surface area (TPSA) is 80.6 Å². The van der Waals surface area contributed by atoms with Crippen LogP contribution >= 0.6 is 11.3 Å². The molecule has 4 heterocycles. The number of hydrogen-bond acceptors (Lipinski definition) is 7. The van der Waals surface area contributed by atoms with E-state index >= 15 is 0 Å². The predicted molar refractivity (Wildman–Crippen MR) is 110 cm³/mol. The molecule has 3 aromatic heterocycles. The van der Waals surface area contributed by atoms with Crippen LogP contribution in [-0.4, -0.2) is 59.3 Å². The Hall–Kier alpha value is -2.68. The predicted octanol–water partition coefficient (Wildman–Crippen LogP) is 2.87. The first-order chi connectivity index (χ1) is 13.5. The second kappa shape index (κ2) is 7.38. The molecule has 8 nitrogen and oxygen atoms in total. The Balaban J connectivity index is 1.68. The molecule has 0 atom stereocenters. The Kier molecular flexibility index (Phi) is 4.92. The maximum atomic E-state index is 13.2. The van der Waals surface area contributed by atoms with Crippen molar-refractivity contribution >= 4 is 43.6 Å². The average molecular weight is 401 g/mol. The largest absolute Gasteiger partial charge is 0.450 e. The van der Waals surface area contributed by atoms with Gasteiger partial charge in [0.05, 0.1) is 29.5 Å². The first kappa shape index (κ1) is 18.7. The number of anilines is 1. The molecule has 3 aromatic rings. The number of amides is 1. The number of carbonyl (C=O) groups excluding carboxylic acids is 1. The van der Waals surface area contributed by atoms with E-state index in [-0.39, 0.29) is 17.7 Å². The van der Waals surface area contributed by atoms with Gasteiger partial charge in [-0.25, -0.2) is 14.8 Å². The highest BCUT2D eigenvalue weighted by Gasteiger charge is 2.26. The van der Waals surface area contributed by atoms with Crippen LogP contribution in [0.2, 0.25) is 0 Å². The summed E-state index contributed by atoms with van der Waals surface area (Å²) < 4.78 is 7.41. The molecule has 1 fully saturated rings. The number of likely N-dealkylation sites (tertiary alicyclic amines) is 1. The van der Waals surface area contributed by atoms with Crippen molar-refractivity contribution in [2.75, 3.05) is 38.7 Å². The third kappa shape index (κ3) is 3.09. The monoisotopic (exact) mass is 401 g/mol. The molecule has 0 N–H and O–H groups in total. The van der Waals surface area contributed by atoms with E-state index in [9.17, 15) is 9.59 Å². The molecule has 0 spiro atoms. The van der Waals surface area contributed by atoms with E-state index in [4.69, 9.17) is 4.74 Å². The molecule has 0 unspecified atom stereocenters. The molecule has 1 saturated heterocycles. The number of aromatic nitrogens is 3. The minimum absolute atomic E-state index is 0.0292. The molecule has 0 radical (unpaired) electrons. The smallest absolute Gasteiger partial charge is 0.409 e. The van der Waals surface area contributed by atoms with E-state index in [2.05, 4.69) is 9.97 Å². The SMILES string of the molecule is CCOC(=O)N1CCC(n2cnc3c(sc4nccc(N(C)C)c43)c2=O)CC1. The van der Waals surface area contributed by atoms with E-state index in [1.807, 2.05) is 25.1 Å². The van der Waals surface area contributed by atoms with Crippen molar-refractivity contribution < 1.29 is 9.53 Å². The lowest BCUT2D eigenvalue weighted by Crippen LogP contribution is -2.41. The molecule has 1 aliphatic rings. The normalized spacial score (nSPS) is 15.3. The molecule has 28 heavy (non-hydrogen) atoms. The molecule has 0 saturated carbocycles. The third-order valence-corrected chi connectivity index (χ3v) is 6.23. The number of rotatable bonds is 3. The molecule has 0 aliphatic carbocycles. The summed E-state index contributed by atoms with van der Waals surface area (Å²) in [4.78, 5) is 38.7. The molecule has 1 aliphatic heterocycles. The van der Waals surface area contributed by atoms with Crippen molar-refractivity contribution in [2.45, 2.75) is 25.8 Å². The Bertz CT molecular complexity index is 1080. The number of fused-ring (bicyclic) bond motifs is 3. The lowest BCUT2D eigenvalue weighted by atomic mass is 10.1. The summed E-state index contributed by atoms with van der Waals surface area (Å²) in [6, 6.07) is 1.97. The third-order valence-electron chi connectivity index (χ3n) is 5.15. The second-order valence-electron chi connectivity index (χ2n) is 7.06. The van der Waals surface area contributed by atoms with Crippen LogP contribution in [0.4, 0.5) is 10.5 Å². The van der Waals surface area contributed by atoms with Gasteiger partial charge in [-0.05, 0) is 25.8 Å². The summed E-state index contributed by atoms with van der Waals surface area (Å²) in [6.07, 6.45) is 4.54. The molecule has 148 valence electrons. The van der Waals surface area contributed by atoms with Crippen LogP contribution in [-0.2, 0) is 4.74 Å². The Morgan fingerprint density at radius 1 is 1.32 bits per heavy atom. The maximum Gasteiger partial charge on any atom is 0.409 e. The van der Waals surface area contributed by atoms with Crippen molar-refractivity contribution in [3.63, 3.8) is 0 Å². The Morgan fingerprint density at radius 3 is 2.75 bits per heavy atom. The lowest BCUT2D eigenvalue weighted by molar-refractivity contribution is 0.0923. The molecule has 1 amide bonds. The minimum atomic E-state index is -0.284. The zero-order chi connectivity index (χ0) is 19.8. The van der Waals surface area contributed by atoms with E-state index in [0.717, 1.165) is 15.9 Å². The van der Waals surface area contributed by atoms with E-state index in [1.165, 1.54) is 11.3 Å². The molecule has 0 bridgehead atoms. The summed E-state index contributed by atoms with van der Waals surface area (Å²) in [6.45, 7) is 3.32. The first-order valence-corrected chi connectivity index (χ1v) is 10.2. The van der Waals surface area contributed by atoms with Crippen LogP contribution < -0.4 is 10.5 Å². The summed E-state index contributed by atoms with van der Waals surface area (Å²) >= 11 is 1.39. The van der Waals surface area contributed by atoms with Gasteiger partial charge in [0.15, 0.2) is 0 Å². The van der Waals surface area contributed by atoms with Crippen LogP contribution in [0.5, 0.6) is 0 Å². The van der Waals surface area contributed by atoms with E-state index in [1.54, 1.807) is 28.9 Å². The highest BCUT2D eigenvalue weighted by Crippen LogP contribution is 2.35. The second-order valence-corrected chi connectivity index (χ2v) is 8.06. The van der Waals surface area contributed by atoms with Crippen molar-refractivity contribution in [3.8, 4) is 0 Å². The summed E-state index contributed by atoms with van der Waals surface area (Å²) in [5, 5.41) is 0.925. The standard InChI is InChI=1S/C19H23N5O3S/c1-4-27-19(26)23-9-6-12(7-10-23)24-11-21-15-14-13(22(2)3)5-8-20-17(14)28-16(15)18(24)25/h5,8,11-12H,4,6-7,9-10H2,1-3H3. The van der Waals surface area contributed by atoms with Gasteiger partial charge in [0.1, 0.15) is 9.53 Å². The fraction of sp³-hybridized carbons (Fsp3) is 0.474. The van der Waals surface area contributed by atoms with Crippen LogP contribution in [0, 0.1) is 0 Å². The highest BCUT2D eigenvalue weighted by atomic mass is 32.1. The van der Waals surface area contributed by atoms with Gasteiger partial charge in [0.25, 0.3) is 5.56 Å². The minimum Gasteiger partial charge on any atom is -0.450 e. The first-order valence-electron chi connectivity index (χ1n) is 9.38. The van der Waals surface area contributed by atoms with Crippen LogP contribution in [0.15, 0.2) is 23.4 Å². The Labute approximate surface area is 166 Å². The zero-order valence-corrected chi connectivity index (χ0v) is 17.0. The van der Waals surface area contributed by atoms with Crippen molar-refractivity contribution in [1.29, 1.82) is 0 Å². The van der Waals surface area contributed by atoms with Gasteiger partial charge in [0.2, 0.25) is 0 Å². The fourth-order valence-corrected chi connectivity index (χ4v) is 4.78. The van der Waals surface area contributed by atoms with Gasteiger partial charge in [-0.1, -0.05) is 0 Å². The number of piperidine rings is 1. The van der Waals surface area contributed by atoms with Crippen LogP contribution in [0.3, 0.4) is 0 Å². The van der Waals surface area contributed by atoms with Gasteiger partial charge in [-0.2, -0.15) is 0 Å². The number of carbonyl (C=O) groups is 1. The molecular formula is C19H23N5O3S. The number of thiophene rings is 1. The summed E-state index contributed by atoms with van der Waals surface area (Å²) in [5.41, 5.74) is 1.68. The number of nitrogens with zero attached hydrogens (tertiary/aromatic N) is 5. The van der Waals surface area contributed by atoms with Gasteiger partial charge < -0.3 is 14.5 Å². The van der Waals surface area contributed by atoms with Gasteiger partial charge in [0, 0.05) is 39.4 Å². The maximum absolute atomic E-state index is 13.2. The van der Waals surface area contributed by atoms with Crippen molar-refractivity contribution in [2.24, 2.45) is 0 Å². The number of ether oxygens (including phenoxy) is 1. The highest BCUT2D eigenvalue weighted by molar-refractivity contribution is 7.25. The van der Waals surface area contributed by atoms with Crippen molar-refractivity contribution in [1.82, 2.24) is 19.4 Å². The van der Waals surface area contributed by atoms with Crippen LogP contribution in [0.25, 0.3) is 20.4 Å². The number of pyridine rings is 1. The number of hydrogen-bond donors (Lipinski definition) is 0. The van der Waals surface area contributed by atoms with Crippen molar-refractivity contribution in [3.05, 3.63) is 28.9 Å². The van der Waals surface area contributed by atoms with Crippen LogP contribution in [0.1, 0.15) is 25.8 Å². The summed E-state index contributed by atoms with van der Waals surface area (Å²) in [7, 11) is 3.94. The quantitative estimate of drug-likeness (QED) is 0.671. The molecular weight excluding hydrogens is 378 g/mol. The molecule has 4 rings (SSSR count).